The lowest BCUT2D eigenvalue weighted by Crippen LogP contribution is -2.11. The second-order valence-electron chi connectivity index (χ2n) is 5.80. The molecule has 124 valence electrons. The maximum atomic E-state index is 12.4. The minimum Gasteiger partial charge on any atom is -0.491 e. The Morgan fingerprint density at radius 1 is 1.08 bits per heavy atom. The SMILES string of the molecule is CCOC(=O)c1cc2ccccc2n1-c1ccc(OC(C)C)cc1. The molecule has 0 spiro atoms. The molecule has 4 heteroatoms. The molecule has 1 aromatic heterocycles. The van der Waals surface area contributed by atoms with Crippen molar-refractivity contribution in [3.63, 3.8) is 0 Å². The number of carbonyl (C=O) groups excluding carboxylic acids is 1. The minimum absolute atomic E-state index is 0.123. The van der Waals surface area contributed by atoms with Gasteiger partial charge in [-0.15, -0.1) is 0 Å². The predicted octanol–water partition coefficient (Wildman–Crippen LogP) is 4.59. The standard InChI is InChI=1S/C20H21NO3/c1-4-23-20(22)19-13-15-7-5-6-8-18(15)21(19)16-9-11-17(12-10-16)24-14(2)3/h5-14H,4H2,1-3H3. The minimum atomic E-state index is -0.323. The first-order valence-electron chi connectivity index (χ1n) is 8.15. The van der Waals surface area contributed by atoms with Crippen LogP contribution in [0.15, 0.2) is 54.6 Å². The third-order valence-electron chi connectivity index (χ3n) is 3.66. The van der Waals surface area contributed by atoms with Crippen molar-refractivity contribution in [2.45, 2.75) is 26.9 Å². The summed E-state index contributed by atoms with van der Waals surface area (Å²) >= 11 is 0. The Hall–Kier alpha value is -2.75. The van der Waals surface area contributed by atoms with E-state index in [1.807, 2.05) is 79.9 Å². The summed E-state index contributed by atoms with van der Waals surface area (Å²) in [6.45, 7) is 6.14. The highest BCUT2D eigenvalue weighted by atomic mass is 16.5. The number of aromatic nitrogens is 1. The third-order valence-corrected chi connectivity index (χ3v) is 3.66. The number of nitrogens with zero attached hydrogens (tertiary/aromatic N) is 1. The van der Waals surface area contributed by atoms with Crippen molar-refractivity contribution in [2.75, 3.05) is 6.61 Å². The maximum Gasteiger partial charge on any atom is 0.355 e. The van der Waals surface area contributed by atoms with E-state index in [0.29, 0.717) is 12.3 Å². The topological polar surface area (TPSA) is 40.5 Å². The fourth-order valence-corrected chi connectivity index (χ4v) is 2.73. The van der Waals surface area contributed by atoms with E-state index in [2.05, 4.69) is 0 Å². The Balaban J connectivity index is 2.09. The zero-order chi connectivity index (χ0) is 17.1. The van der Waals surface area contributed by atoms with E-state index in [1.165, 1.54) is 0 Å². The second-order valence-corrected chi connectivity index (χ2v) is 5.80. The molecule has 0 aliphatic carbocycles. The molecule has 0 atom stereocenters. The summed E-state index contributed by atoms with van der Waals surface area (Å²) in [4.78, 5) is 12.4. The fraction of sp³-hybridized carbons (Fsp3) is 0.250. The highest BCUT2D eigenvalue weighted by Gasteiger charge is 2.17. The Labute approximate surface area is 141 Å². The average Bonchev–Trinajstić information content (AvgIpc) is 2.95. The molecule has 0 saturated heterocycles. The first-order valence-corrected chi connectivity index (χ1v) is 8.15. The van der Waals surface area contributed by atoms with Gasteiger partial charge in [0.05, 0.1) is 18.2 Å². The van der Waals surface area contributed by atoms with Crippen LogP contribution in [0.25, 0.3) is 16.6 Å². The first kappa shape index (κ1) is 16.1. The molecule has 0 N–H and O–H groups in total. The van der Waals surface area contributed by atoms with Gasteiger partial charge in [0.1, 0.15) is 11.4 Å². The van der Waals surface area contributed by atoms with E-state index in [-0.39, 0.29) is 12.1 Å². The molecule has 2 aromatic carbocycles. The fourth-order valence-electron chi connectivity index (χ4n) is 2.73. The molecule has 0 fully saturated rings. The number of hydrogen-bond acceptors (Lipinski definition) is 3. The Morgan fingerprint density at radius 2 is 1.79 bits per heavy atom. The van der Waals surface area contributed by atoms with Crippen LogP contribution in [0.3, 0.4) is 0 Å². The van der Waals surface area contributed by atoms with Gasteiger partial charge >= 0.3 is 5.97 Å². The van der Waals surface area contributed by atoms with E-state index in [9.17, 15) is 4.79 Å². The lowest BCUT2D eigenvalue weighted by atomic mass is 10.2. The van der Waals surface area contributed by atoms with E-state index >= 15 is 0 Å². The number of hydrogen-bond donors (Lipinski definition) is 0. The van der Waals surface area contributed by atoms with Gasteiger partial charge in [0.25, 0.3) is 0 Å². The zero-order valence-corrected chi connectivity index (χ0v) is 14.2. The van der Waals surface area contributed by atoms with Gasteiger partial charge in [-0.2, -0.15) is 0 Å². The zero-order valence-electron chi connectivity index (χ0n) is 14.2. The smallest absolute Gasteiger partial charge is 0.355 e. The molecule has 4 nitrogen and oxygen atoms in total. The molecule has 0 aliphatic heterocycles. The molecular weight excluding hydrogens is 302 g/mol. The van der Waals surface area contributed by atoms with Crippen LogP contribution in [0.1, 0.15) is 31.3 Å². The summed E-state index contributed by atoms with van der Waals surface area (Å²) in [7, 11) is 0. The summed E-state index contributed by atoms with van der Waals surface area (Å²) in [6, 6.07) is 17.5. The quantitative estimate of drug-likeness (QED) is 0.645. The Kier molecular flexibility index (Phi) is 4.56. The molecule has 0 aliphatic rings. The van der Waals surface area contributed by atoms with Crippen molar-refractivity contribution in [3.05, 3.63) is 60.3 Å². The maximum absolute atomic E-state index is 12.4. The van der Waals surface area contributed by atoms with Gasteiger partial charge in [0.2, 0.25) is 0 Å². The molecule has 1 heterocycles. The van der Waals surface area contributed by atoms with Gasteiger partial charge in [0, 0.05) is 11.1 Å². The van der Waals surface area contributed by atoms with Gasteiger partial charge in [-0.25, -0.2) is 4.79 Å². The van der Waals surface area contributed by atoms with Crippen molar-refractivity contribution < 1.29 is 14.3 Å². The number of ether oxygens (including phenoxy) is 2. The molecule has 3 rings (SSSR count). The molecule has 0 radical (unpaired) electrons. The number of benzene rings is 2. The van der Waals surface area contributed by atoms with E-state index in [0.717, 1.165) is 22.3 Å². The summed E-state index contributed by atoms with van der Waals surface area (Å²) in [5.74, 6) is 0.485. The van der Waals surface area contributed by atoms with Crippen LogP contribution in [0.2, 0.25) is 0 Å². The number of esters is 1. The largest absolute Gasteiger partial charge is 0.491 e. The van der Waals surface area contributed by atoms with Crippen molar-refractivity contribution in [1.82, 2.24) is 4.57 Å². The van der Waals surface area contributed by atoms with Crippen molar-refractivity contribution >= 4 is 16.9 Å². The summed E-state index contributed by atoms with van der Waals surface area (Å²) in [6.07, 6.45) is 0.123. The van der Waals surface area contributed by atoms with Crippen molar-refractivity contribution in [3.8, 4) is 11.4 Å². The van der Waals surface area contributed by atoms with Crippen LogP contribution >= 0.6 is 0 Å². The molecule has 0 bridgehead atoms. The molecule has 24 heavy (non-hydrogen) atoms. The first-order chi connectivity index (χ1) is 11.6. The van der Waals surface area contributed by atoms with Crippen LogP contribution in [0, 0.1) is 0 Å². The van der Waals surface area contributed by atoms with E-state index in [4.69, 9.17) is 9.47 Å². The normalized spacial score (nSPS) is 11.0. The van der Waals surface area contributed by atoms with Crippen LogP contribution in [0.4, 0.5) is 0 Å². The third kappa shape index (κ3) is 3.13. The number of fused-ring (bicyclic) bond motifs is 1. The lowest BCUT2D eigenvalue weighted by molar-refractivity contribution is 0.0517. The van der Waals surface area contributed by atoms with Gasteiger partial charge in [-0.1, -0.05) is 18.2 Å². The lowest BCUT2D eigenvalue weighted by Gasteiger charge is -2.13. The molecule has 0 saturated carbocycles. The predicted molar refractivity (Wildman–Crippen MR) is 95.0 cm³/mol. The van der Waals surface area contributed by atoms with Crippen LogP contribution in [-0.4, -0.2) is 23.2 Å². The van der Waals surface area contributed by atoms with E-state index < -0.39 is 0 Å². The van der Waals surface area contributed by atoms with Crippen molar-refractivity contribution in [1.29, 1.82) is 0 Å². The number of para-hydroxylation sites is 1. The number of rotatable bonds is 5. The molecule has 0 amide bonds. The highest BCUT2D eigenvalue weighted by molar-refractivity contribution is 5.97. The van der Waals surface area contributed by atoms with Gasteiger partial charge in [0.15, 0.2) is 0 Å². The van der Waals surface area contributed by atoms with Crippen LogP contribution in [-0.2, 0) is 4.74 Å². The second kappa shape index (κ2) is 6.79. The summed E-state index contributed by atoms with van der Waals surface area (Å²) in [5.41, 5.74) is 2.39. The monoisotopic (exact) mass is 323 g/mol. The molecule has 3 aromatic rings. The van der Waals surface area contributed by atoms with E-state index in [1.54, 1.807) is 0 Å². The van der Waals surface area contributed by atoms with Gasteiger partial charge in [-0.3, -0.25) is 0 Å². The average molecular weight is 323 g/mol. The highest BCUT2D eigenvalue weighted by Crippen LogP contribution is 2.26. The van der Waals surface area contributed by atoms with Crippen molar-refractivity contribution in [2.24, 2.45) is 0 Å². The number of carbonyl (C=O) groups is 1. The van der Waals surface area contributed by atoms with Gasteiger partial charge in [-0.05, 0) is 57.2 Å². The Morgan fingerprint density at radius 3 is 2.46 bits per heavy atom. The van der Waals surface area contributed by atoms with Gasteiger partial charge < -0.3 is 14.0 Å². The summed E-state index contributed by atoms with van der Waals surface area (Å²) < 4.78 is 12.8. The van der Waals surface area contributed by atoms with Crippen LogP contribution < -0.4 is 4.74 Å². The van der Waals surface area contributed by atoms with Crippen LogP contribution in [0.5, 0.6) is 5.75 Å². The molecule has 0 unspecified atom stereocenters. The summed E-state index contributed by atoms with van der Waals surface area (Å²) in [5, 5.41) is 1.00. The Bertz CT molecular complexity index is 847. The molecular formula is C20H21NO3.